The van der Waals surface area contributed by atoms with Gasteiger partial charge in [0.25, 0.3) is 0 Å². The summed E-state index contributed by atoms with van der Waals surface area (Å²) in [6.45, 7) is 2.31. The molecule has 0 unspecified atom stereocenters. The van der Waals surface area contributed by atoms with Gasteiger partial charge in [0, 0.05) is 25.5 Å². The van der Waals surface area contributed by atoms with Crippen LogP contribution in [0.15, 0.2) is 18.3 Å². The zero-order valence-electron chi connectivity index (χ0n) is 9.41. The van der Waals surface area contributed by atoms with E-state index in [1.54, 1.807) is 6.92 Å². The summed E-state index contributed by atoms with van der Waals surface area (Å²) < 4.78 is 1.85. The molecule has 0 aliphatic rings. The maximum absolute atomic E-state index is 11.4. The van der Waals surface area contributed by atoms with E-state index in [4.69, 9.17) is 0 Å². The third-order valence-corrected chi connectivity index (χ3v) is 2.05. The Labute approximate surface area is 94.0 Å². The Morgan fingerprint density at radius 1 is 1.38 bits per heavy atom. The molecule has 0 bridgehead atoms. The van der Waals surface area contributed by atoms with Crippen LogP contribution in [0.1, 0.15) is 12.6 Å². The van der Waals surface area contributed by atoms with Crippen LogP contribution in [-0.4, -0.2) is 23.1 Å². The quantitative estimate of drug-likeness (QED) is 0.628. The van der Waals surface area contributed by atoms with E-state index in [0.717, 1.165) is 5.69 Å². The number of nitrogens with one attached hydrogen (secondary N) is 3. The third kappa shape index (κ3) is 3.64. The molecular weight excluding hydrogens is 208 g/mol. The van der Waals surface area contributed by atoms with Gasteiger partial charge in [-0.25, -0.2) is 10.2 Å². The number of carbonyl (C=O) groups is 2. The molecule has 0 spiro atoms. The van der Waals surface area contributed by atoms with E-state index in [9.17, 15) is 9.59 Å². The van der Waals surface area contributed by atoms with Crippen LogP contribution >= 0.6 is 0 Å². The maximum Gasteiger partial charge on any atom is 0.333 e. The van der Waals surface area contributed by atoms with E-state index in [-0.39, 0.29) is 12.3 Å². The van der Waals surface area contributed by atoms with Crippen molar-refractivity contribution in [3.63, 3.8) is 0 Å². The van der Waals surface area contributed by atoms with Gasteiger partial charge >= 0.3 is 6.03 Å². The van der Waals surface area contributed by atoms with Crippen molar-refractivity contribution in [3.05, 3.63) is 24.0 Å². The molecule has 1 heterocycles. The minimum Gasteiger partial charge on any atom is -0.354 e. The second-order valence-corrected chi connectivity index (χ2v) is 3.32. The third-order valence-electron chi connectivity index (χ3n) is 2.05. The Hall–Kier alpha value is -1.98. The standard InChI is InChI=1S/C10H16N4O2/c1-3-11-10(16)13-12-9(15)7-8-5-4-6-14(8)2/h4-6H,3,7H2,1-2H3,(H,12,15)(H2,11,13,16). The molecule has 1 aromatic heterocycles. The van der Waals surface area contributed by atoms with Crippen molar-refractivity contribution < 1.29 is 9.59 Å². The van der Waals surface area contributed by atoms with Crippen molar-refractivity contribution in [1.29, 1.82) is 0 Å². The largest absolute Gasteiger partial charge is 0.354 e. The van der Waals surface area contributed by atoms with Gasteiger partial charge < -0.3 is 9.88 Å². The average molecular weight is 224 g/mol. The van der Waals surface area contributed by atoms with Crippen LogP contribution in [0.2, 0.25) is 0 Å². The highest BCUT2D eigenvalue weighted by Gasteiger charge is 2.06. The van der Waals surface area contributed by atoms with Gasteiger partial charge in [-0.2, -0.15) is 0 Å². The minimum atomic E-state index is -0.414. The van der Waals surface area contributed by atoms with E-state index >= 15 is 0 Å². The van der Waals surface area contributed by atoms with Gasteiger partial charge in [-0.05, 0) is 19.1 Å². The summed E-state index contributed by atoms with van der Waals surface area (Å²) in [6, 6.07) is 3.30. The Kier molecular flexibility index (Phi) is 4.38. The van der Waals surface area contributed by atoms with Crippen molar-refractivity contribution in [1.82, 2.24) is 20.7 Å². The fourth-order valence-corrected chi connectivity index (χ4v) is 1.22. The number of hydrogen-bond acceptors (Lipinski definition) is 2. The Morgan fingerprint density at radius 3 is 2.69 bits per heavy atom. The topological polar surface area (TPSA) is 75.2 Å². The molecule has 3 N–H and O–H groups in total. The molecule has 0 fully saturated rings. The van der Waals surface area contributed by atoms with Crippen LogP contribution in [0.25, 0.3) is 0 Å². The summed E-state index contributed by atoms with van der Waals surface area (Å²) in [5.74, 6) is -0.256. The molecule has 88 valence electrons. The first-order valence-corrected chi connectivity index (χ1v) is 5.06. The Bertz CT molecular complexity index is 373. The first-order valence-electron chi connectivity index (χ1n) is 5.06. The highest BCUT2D eigenvalue weighted by Crippen LogP contribution is 1.99. The zero-order chi connectivity index (χ0) is 12.0. The normalized spacial score (nSPS) is 9.62. The Morgan fingerprint density at radius 2 is 2.12 bits per heavy atom. The van der Waals surface area contributed by atoms with Gasteiger partial charge in [0.1, 0.15) is 0 Å². The molecule has 0 saturated heterocycles. The summed E-state index contributed by atoms with van der Waals surface area (Å²) in [6.07, 6.45) is 2.09. The number of hydrogen-bond donors (Lipinski definition) is 3. The number of nitrogens with zero attached hydrogens (tertiary/aromatic N) is 1. The van der Waals surface area contributed by atoms with Crippen LogP contribution in [0.3, 0.4) is 0 Å². The molecule has 6 heteroatoms. The van der Waals surface area contributed by atoms with Crippen LogP contribution in [0.5, 0.6) is 0 Å². The molecule has 0 aliphatic carbocycles. The first-order chi connectivity index (χ1) is 7.63. The summed E-state index contributed by atoms with van der Waals surface area (Å²) >= 11 is 0. The molecule has 1 aromatic rings. The average Bonchev–Trinajstić information content (AvgIpc) is 2.62. The molecule has 0 atom stereocenters. The Balaban J connectivity index is 2.32. The molecule has 0 aliphatic heterocycles. The van der Waals surface area contributed by atoms with Crippen LogP contribution in [0, 0.1) is 0 Å². The van der Waals surface area contributed by atoms with E-state index < -0.39 is 6.03 Å². The fourth-order valence-electron chi connectivity index (χ4n) is 1.22. The van der Waals surface area contributed by atoms with E-state index in [0.29, 0.717) is 6.54 Å². The molecule has 0 radical (unpaired) electrons. The lowest BCUT2D eigenvalue weighted by Crippen LogP contribution is -2.47. The van der Waals surface area contributed by atoms with Gasteiger partial charge in [-0.3, -0.25) is 10.2 Å². The summed E-state index contributed by atoms with van der Waals surface area (Å²) in [7, 11) is 1.86. The van der Waals surface area contributed by atoms with Crippen LogP contribution in [0.4, 0.5) is 4.79 Å². The fraction of sp³-hybridized carbons (Fsp3) is 0.400. The number of aromatic nitrogens is 1. The summed E-state index contributed by atoms with van der Waals surface area (Å²) in [5.41, 5.74) is 5.46. The second-order valence-electron chi connectivity index (χ2n) is 3.32. The number of carbonyl (C=O) groups excluding carboxylic acids is 2. The van der Waals surface area contributed by atoms with Gasteiger partial charge in [0.05, 0.1) is 6.42 Å². The number of hydrazine groups is 1. The second kappa shape index (κ2) is 5.79. The van der Waals surface area contributed by atoms with Gasteiger partial charge in [-0.15, -0.1) is 0 Å². The van der Waals surface area contributed by atoms with Gasteiger partial charge in [0.2, 0.25) is 5.91 Å². The predicted octanol–water partition coefficient (Wildman–Crippen LogP) is -0.0821. The van der Waals surface area contributed by atoms with Crippen molar-refractivity contribution in [2.75, 3.05) is 6.54 Å². The van der Waals surface area contributed by atoms with Crippen LogP contribution in [-0.2, 0) is 18.3 Å². The number of urea groups is 1. The molecule has 1 rings (SSSR count). The number of aryl methyl sites for hydroxylation is 1. The van der Waals surface area contributed by atoms with E-state index in [2.05, 4.69) is 16.2 Å². The first kappa shape index (κ1) is 12.1. The lowest BCUT2D eigenvalue weighted by atomic mass is 10.3. The minimum absolute atomic E-state index is 0.232. The number of amides is 3. The van der Waals surface area contributed by atoms with Gasteiger partial charge in [-0.1, -0.05) is 0 Å². The molecule has 16 heavy (non-hydrogen) atoms. The monoisotopic (exact) mass is 224 g/mol. The summed E-state index contributed by atoms with van der Waals surface area (Å²) in [5, 5.41) is 2.50. The van der Waals surface area contributed by atoms with Crippen molar-refractivity contribution in [2.24, 2.45) is 7.05 Å². The van der Waals surface area contributed by atoms with Crippen molar-refractivity contribution >= 4 is 11.9 Å². The number of rotatable bonds is 3. The predicted molar refractivity (Wildman–Crippen MR) is 59.5 cm³/mol. The van der Waals surface area contributed by atoms with Crippen LogP contribution < -0.4 is 16.2 Å². The summed E-state index contributed by atoms with van der Waals surface area (Å²) in [4.78, 5) is 22.4. The molecule has 6 nitrogen and oxygen atoms in total. The molecule has 0 saturated carbocycles. The van der Waals surface area contributed by atoms with Crippen molar-refractivity contribution in [3.8, 4) is 0 Å². The zero-order valence-corrected chi connectivity index (χ0v) is 9.41. The highest BCUT2D eigenvalue weighted by atomic mass is 16.2. The van der Waals surface area contributed by atoms with E-state index in [1.807, 2.05) is 29.9 Å². The molecule has 0 aromatic carbocycles. The van der Waals surface area contributed by atoms with E-state index in [1.165, 1.54) is 0 Å². The molecular formula is C10H16N4O2. The van der Waals surface area contributed by atoms with Gasteiger partial charge in [0.15, 0.2) is 0 Å². The molecule has 3 amide bonds. The lowest BCUT2D eigenvalue weighted by Gasteiger charge is -2.08. The lowest BCUT2D eigenvalue weighted by molar-refractivity contribution is -0.121. The maximum atomic E-state index is 11.4. The smallest absolute Gasteiger partial charge is 0.333 e. The highest BCUT2D eigenvalue weighted by molar-refractivity contribution is 5.82. The SMILES string of the molecule is CCNC(=O)NNC(=O)Cc1cccn1C. The van der Waals surface area contributed by atoms with Crippen molar-refractivity contribution in [2.45, 2.75) is 13.3 Å².